The maximum Gasteiger partial charge on any atom is 0.148 e. The van der Waals surface area contributed by atoms with E-state index in [4.69, 9.17) is 4.74 Å². The number of fused-ring (bicyclic) bond motifs is 1. The standard InChI is InChI=1S/C28H26N4O3S2/c1-37(33,34)16-15-29-19-28-31-18-27(36-28)20-7-12-24-25(13-14-30-26(24)17-20)32-21-8-10-23(11-9-21)35-22-5-3-2-4-6-22/h2-14,17-18,29H,15-16,19H2,1H3,(H,30,32). The van der Waals surface area contributed by atoms with Crippen LogP contribution in [0.4, 0.5) is 11.4 Å². The minimum atomic E-state index is -2.97. The fourth-order valence-corrected chi connectivity index (χ4v) is 5.17. The second-order valence-corrected chi connectivity index (χ2v) is 12.0. The number of ether oxygens (including phenoxy) is 1. The molecule has 9 heteroatoms. The van der Waals surface area contributed by atoms with Crippen LogP contribution in [0.5, 0.6) is 11.5 Å². The lowest BCUT2D eigenvalue weighted by Gasteiger charge is -2.11. The molecular weight excluding hydrogens is 504 g/mol. The number of nitrogens with zero attached hydrogens (tertiary/aromatic N) is 2. The van der Waals surface area contributed by atoms with Crippen LogP contribution in [0.3, 0.4) is 0 Å². The summed E-state index contributed by atoms with van der Waals surface area (Å²) < 4.78 is 28.4. The number of hydrogen-bond donors (Lipinski definition) is 2. The number of sulfone groups is 1. The first-order valence-electron chi connectivity index (χ1n) is 11.8. The van der Waals surface area contributed by atoms with Gasteiger partial charge < -0.3 is 15.4 Å². The summed E-state index contributed by atoms with van der Waals surface area (Å²) in [4.78, 5) is 10.1. The van der Waals surface area contributed by atoms with Crippen LogP contribution in [0.1, 0.15) is 5.01 Å². The average molecular weight is 531 g/mol. The smallest absolute Gasteiger partial charge is 0.148 e. The molecule has 3 aromatic carbocycles. The lowest BCUT2D eigenvalue weighted by atomic mass is 10.1. The van der Waals surface area contributed by atoms with Gasteiger partial charge in [0.2, 0.25) is 0 Å². The Morgan fingerprint density at radius 2 is 1.70 bits per heavy atom. The number of nitrogens with one attached hydrogen (secondary N) is 2. The van der Waals surface area contributed by atoms with Crippen molar-refractivity contribution in [1.29, 1.82) is 0 Å². The van der Waals surface area contributed by atoms with Crippen molar-refractivity contribution in [3.05, 3.63) is 96.3 Å². The van der Waals surface area contributed by atoms with Crippen molar-refractivity contribution < 1.29 is 13.2 Å². The summed E-state index contributed by atoms with van der Waals surface area (Å²) in [7, 11) is -2.97. The molecule has 0 atom stereocenters. The Balaban J connectivity index is 1.26. The summed E-state index contributed by atoms with van der Waals surface area (Å²) in [5, 5.41) is 8.55. The Hall–Kier alpha value is -3.79. The molecule has 37 heavy (non-hydrogen) atoms. The third-order valence-corrected chi connectivity index (χ3v) is 7.61. The number of anilines is 2. The van der Waals surface area contributed by atoms with E-state index in [1.54, 1.807) is 17.5 Å². The molecule has 0 bridgehead atoms. The molecule has 0 saturated heterocycles. The van der Waals surface area contributed by atoms with E-state index >= 15 is 0 Å². The quantitative estimate of drug-likeness (QED) is 0.213. The van der Waals surface area contributed by atoms with Crippen LogP contribution in [0.2, 0.25) is 0 Å². The summed E-state index contributed by atoms with van der Waals surface area (Å²) in [5.74, 6) is 1.69. The van der Waals surface area contributed by atoms with Crippen molar-refractivity contribution in [2.75, 3.05) is 23.9 Å². The third-order valence-electron chi connectivity index (χ3n) is 5.62. The second-order valence-electron chi connectivity index (χ2n) is 8.58. The van der Waals surface area contributed by atoms with Gasteiger partial charge in [-0.3, -0.25) is 4.98 Å². The van der Waals surface area contributed by atoms with Crippen LogP contribution in [-0.2, 0) is 16.4 Å². The van der Waals surface area contributed by atoms with E-state index in [2.05, 4.69) is 38.8 Å². The number of rotatable bonds is 10. The van der Waals surface area contributed by atoms with E-state index in [1.807, 2.05) is 66.9 Å². The van der Waals surface area contributed by atoms with Crippen molar-refractivity contribution in [3.63, 3.8) is 0 Å². The predicted octanol–water partition coefficient (Wildman–Crippen LogP) is 6.03. The Bertz CT molecular complexity index is 1600. The molecule has 0 fully saturated rings. The van der Waals surface area contributed by atoms with Crippen molar-refractivity contribution in [2.45, 2.75) is 6.54 Å². The van der Waals surface area contributed by atoms with E-state index in [0.717, 1.165) is 49.2 Å². The molecule has 5 rings (SSSR count). The molecule has 0 aliphatic carbocycles. The van der Waals surface area contributed by atoms with E-state index in [9.17, 15) is 8.42 Å². The molecule has 0 unspecified atom stereocenters. The average Bonchev–Trinajstić information content (AvgIpc) is 3.37. The SMILES string of the molecule is CS(=O)(=O)CCNCc1ncc(-c2ccc3c(Nc4ccc(Oc5ccccc5)cc4)ccnc3c2)s1. The third kappa shape index (κ3) is 6.71. The van der Waals surface area contributed by atoms with E-state index in [1.165, 1.54) is 6.26 Å². The van der Waals surface area contributed by atoms with Gasteiger partial charge in [0.1, 0.15) is 26.3 Å². The highest BCUT2D eigenvalue weighted by atomic mass is 32.2. The Morgan fingerprint density at radius 1 is 0.919 bits per heavy atom. The minimum absolute atomic E-state index is 0.115. The van der Waals surface area contributed by atoms with Crippen molar-refractivity contribution in [3.8, 4) is 21.9 Å². The van der Waals surface area contributed by atoms with Gasteiger partial charge in [0.15, 0.2) is 0 Å². The van der Waals surface area contributed by atoms with Gasteiger partial charge >= 0.3 is 0 Å². The highest BCUT2D eigenvalue weighted by Gasteiger charge is 2.09. The second kappa shape index (κ2) is 11.1. The molecule has 2 heterocycles. The van der Waals surface area contributed by atoms with Crippen LogP contribution in [0, 0.1) is 0 Å². The maximum atomic E-state index is 11.3. The number of thiazole rings is 1. The molecule has 0 amide bonds. The largest absolute Gasteiger partial charge is 0.457 e. The molecule has 5 aromatic rings. The molecule has 188 valence electrons. The molecule has 2 aromatic heterocycles. The lowest BCUT2D eigenvalue weighted by Crippen LogP contribution is -2.21. The first kappa shape index (κ1) is 24.9. The monoisotopic (exact) mass is 530 g/mol. The first-order valence-corrected chi connectivity index (χ1v) is 14.6. The highest BCUT2D eigenvalue weighted by molar-refractivity contribution is 7.90. The van der Waals surface area contributed by atoms with Gasteiger partial charge in [0, 0.05) is 48.5 Å². The minimum Gasteiger partial charge on any atom is -0.457 e. The Labute approximate surface area is 220 Å². The predicted molar refractivity (Wildman–Crippen MR) is 151 cm³/mol. The fraction of sp³-hybridized carbons (Fsp3) is 0.143. The Morgan fingerprint density at radius 3 is 2.49 bits per heavy atom. The molecule has 7 nitrogen and oxygen atoms in total. The van der Waals surface area contributed by atoms with Gasteiger partial charge in [-0.1, -0.05) is 30.3 Å². The molecule has 0 saturated carbocycles. The van der Waals surface area contributed by atoms with Crippen LogP contribution in [-0.4, -0.2) is 36.9 Å². The zero-order valence-corrected chi connectivity index (χ0v) is 21.9. The highest BCUT2D eigenvalue weighted by Crippen LogP contribution is 2.32. The number of para-hydroxylation sites is 1. The van der Waals surface area contributed by atoms with Gasteiger partial charge in [0.25, 0.3) is 0 Å². The molecule has 0 radical (unpaired) electrons. The van der Waals surface area contributed by atoms with Gasteiger partial charge in [-0.2, -0.15) is 0 Å². The van der Waals surface area contributed by atoms with Crippen LogP contribution < -0.4 is 15.4 Å². The fourth-order valence-electron chi connectivity index (χ4n) is 3.78. The van der Waals surface area contributed by atoms with Gasteiger partial charge in [-0.05, 0) is 54.1 Å². The van der Waals surface area contributed by atoms with Crippen molar-refractivity contribution in [2.24, 2.45) is 0 Å². The van der Waals surface area contributed by atoms with Crippen LogP contribution in [0.25, 0.3) is 21.3 Å². The normalized spacial score (nSPS) is 11.5. The van der Waals surface area contributed by atoms with Crippen LogP contribution >= 0.6 is 11.3 Å². The van der Waals surface area contributed by atoms with Gasteiger partial charge in [-0.15, -0.1) is 11.3 Å². The molecule has 0 spiro atoms. The van der Waals surface area contributed by atoms with Gasteiger partial charge in [0.05, 0.1) is 16.1 Å². The topological polar surface area (TPSA) is 93.2 Å². The summed E-state index contributed by atoms with van der Waals surface area (Å²) >= 11 is 1.58. The number of aromatic nitrogens is 2. The van der Waals surface area contributed by atoms with Crippen LogP contribution in [0.15, 0.2) is 91.3 Å². The summed E-state index contributed by atoms with van der Waals surface area (Å²) in [6, 6.07) is 25.7. The van der Waals surface area contributed by atoms with E-state index in [0.29, 0.717) is 13.1 Å². The number of pyridine rings is 1. The maximum absolute atomic E-state index is 11.3. The lowest BCUT2D eigenvalue weighted by molar-refractivity contribution is 0.483. The summed E-state index contributed by atoms with van der Waals surface area (Å²) in [6.45, 7) is 0.946. The molecular formula is C28H26N4O3S2. The van der Waals surface area contributed by atoms with Crippen molar-refractivity contribution in [1.82, 2.24) is 15.3 Å². The number of hydrogen-bond acceptors (Lipinski definition) is 8. The molecule has 0 aliphatic heterocycles. The van der Waals surface area contributed by atoms with E-state index in [-0.39, 0.29) is 5.75 Å². The molecule has 2 N–H and O–H groups in total. The van der Waals surface area contributed by atoms with Crippen molar-refractivity contribution >= 4 is 43.5 Å². The molecule has 0 aliphatic rings. The zero-order valence-electron chi connectivity index (χ0n) is 20.2. The zero-order chi connectivity index (χ0) is 25.7. The first-order chi connectivity index (χ1) is 17.9. The van der Waals surface area contributed by atoms with Gasteiger partial charge in [-0.25, -0.2) is 13.4 Å². The number of benzene rings is 3. The summed E-state index contributed by atoms with van der Waals surface area (Å²) in [6.07, 6.45) is 4.88. The summed E-state index contributed by atoms with van der Waals surface area (Å²) in [5.41, 5.74) is 3.84. The Kier molecular flexibility index (Phi) is 7.45. The van der Waals surface area contributed by atoms with E-state index < -0.39 is 9.84 Å².